The Balaban J connectivity index is 3.27. The molecule has 0 radical (unpaired) electrons. The first-order valence-corrected chi connectivity index (χ1v) is 6.10. The predicted molar refractivity (Wildman–Crippen MR) is 75.4 cm³/mol. The molecule has 0 N–H and O–H groups in total. The monoisotopic (exact) mass is 328 g/mol. The van der Waals surface area contributed by atoms with Crippen LogP contribution in [-0.2, 0) is 4.74 Å². The predicted octanol–water partition coefficient (Wildman–Crippen LogP) is 3.51. The van der Waals surface area contributed by atoms with Crippen LogP contribution in [0.3, 0.4) is 0 Å². The molecule has 0 atom stereocenters. The van der Waals surface area contributed by atoms with Crippen molar-refractivity contribution in [2.24, 2.45) is 0 Å². The Kier molecular flexibility index (Phi) is 5.05. The highest BCUT2D eigenvalue weighted by atomic mass is 79.9. The number of carbonyl (C=O) groups is 1. The maximum atomic E-state index is 11.8. The van der Waals surface area contributed by atoms with E-state index in [1.165, 1.54) is 30.2 Å². The lowest BCUT2D eigenvalue weighted by atomic mass is 10.2. The molecular formula is C12H13BrN2O4. The van der Waals surface area contributed by atoms with Crippen LogP contribution in [0.15, 0.2) is 34.8 Å². The molecule has 0 heterocycles. The molecule has 7 heteroatoms. The SMILES string of the molecule is C=C(C)CN(C(=O)OC)c1cc([N+](=O)[O-])ccc1Br. The Morgan fingerprint density at radius 3 is 2.68 bits per heavy atom. The van der Waals surface area contributed by atoms with E-state index in [-0.39, 0.29) is 12.2 Å². The van der Waals surface area contributed by atoms with Crippen LogP contribution in [0.5, 0.6) is 0 Å². The second-order valence-electron chi connectivity index (χ2n) is 3.91. The molecule has 0 unspecified atom stereocenters. The molecule has 0 saturated carbocycles. The molecule has 1 aromatic carbocycles. The Morgan fingerprint density at radius 1 is 1.58 bits per heavy atom. The zero-order valence-corrected chi connectivity index (χ0v) is 12.1. The number of halogens is 1. The van der Waals surface area contributed by atoms with Crippen LogP contribution in [-0.4, -0.2) is 24.7 Å². The van der Waals surface area contributed by atoms with Gasteiger partial charge in [-0.05, 0) is 28.9 Å². The fourth-order valence-corrected chi connectivity index (χ4v) is 1.91. The van der Waals surface area contributed by atoms with Crippen molar-refractivity contribution in [3.63, 3.8) is 0 Å². The minimum Gasteiger partial charge on any atom is -0.452 e. The third kappa shape index (κ3) is 3.78. The van der Waals surface area contributed by atoms with Gasteiger partial charge in [-0.2, -0.15) is 0 Å². The topological polar surface area (TPSA) is 72.7 Å². The highest BCUT2D eigenvalue weighted by Gasteiger charge is 2.21. The summed E-state index contributed by atoms with van der Waals surface area (Å²) in [6.45, 7) is 5.69. The first-order valence-electron chi connectivity index (χ1n) is 5.30. The van der Waals surface area contributed by atoms with Crippen molar-refractivity contribution in [2.45, 2.75) is 6.92 Å². The molecule has 0 spiro atoms. The number of carbonyl (C=O) groups excluding carboxylic acids is 1. The zero-order chi connectivity index (χ0) is 14.6. The third-order valence-corrected chi connectivity index (χ3v) is 2.92. The molecule has 0 aliphatic heterocycles. The molecule has 6 nitrogen and oxygen atoms in total. The van der Waals surface area contributed by atoms with E-state index in [0.717, 1.165) is 5.57 Å². The zero-order valence-electron chi connectivity index (χ0n) is 10.6. The van der Waals surface area contributed by atoms with Gasteiger partial charge in [0, 0.05) is 23.2 Å². The largest absolute Gasteiger partial charge is 0.452 e. The van der Waals surface area contributed by atoms with Crippen LogP contribution in [0.4, 0.5) is 16.2 Å². The van der Waals surface area contributed by atoms with Gasteiger partial charge in [-0.3, -0.25) is 15.0 Å². The fourth-order valence-electron chi connectivity index (χ4n) is 1.45. The summed E-state index contributed by atoms with van der Waals surface area (Å²) in [5.41, 5.74) is 0.988. The summed E-state index contributed by atoms with van der Waals surface area (Å²) in [6.07, 6.45) is -0.607. The standard InChI is InChI=1S/C12H13BrN2O4/c1-8(2)7-14(12(16)19-3)11-6-9(15(17)18)4-5-10(11)13/h4-6H,1,7H2,2-3H3. The van der Waals surface area contributed by atoms with Gasteiger partial charge in [-0.1, -0.05) is 12.2 Å². The van der Waals surface area contributed by atoms with Crippen molar-refractivity contribution in [1.29, 1.82) is 0 Å². The summed E-state index contributed by atoms with van der Waals surface area (Å²) in [6, 6.07) is 4.18. The lowest BCUT2D eigenvalue weighted by Gasteiger charge is -2.22. The van der Waals surface area contributed by atoms with Crippen LogP contribution >= 0.6 is 15.9 Å². The van der Waals surface area contributed by atoms with Gasteiger partial charge in [-0.15, -0.1) is 0 Å². The van der Waals surface area contributed by atoms with E-state index in [1.807, 2.05) is 0 Å². The van der Waals surface area contributed by atoms with Crippen LogP contribution in [0, 0.1) is 10.1 Å². The number of nitrogens with zero attached hydrogens (tertiary/aromatic N) is 2. The van der Waals surface area contributed by atoms with Gasteiger partial charge in [-0.25, -0.2) is 4.79 Å². The lowest BCUT2D eigenvalue weighted by molar-refractivity contribution is -0.384. The molecule has 1 amide bonds. The van der Waals surface area contributed by atoms with Crippen molar-refractivity contribution in [3.05, 3.63) is 44.9 Å². The van der Waals surface area contributed by atoms with E-state index in [2.05, 4.69) is 27.2 Å². The van der Waals surface area contributed by atoms with Gasteiger partial charge in [0.05, 0.1) is 17.7 Å². The number of ether oxygens (including phenoxy) is 1. The molecule has 0 bridgehead atoms. The van der Waals surface area contributed by atoms with Crippen molar-refractivity contribution in [2.75, 3.05) is 18.6 Å². The van der Waals surface area contributed by atoms with Gasteiger partial charge in [0.1, 0.15) is 0 Å². The Labute approximate surface area is 118 Å². The summed E-state index contributed by atoms with van der Waals surface area (Å²) < 4.78 is 5.24. The average molecular weight is 329 g/mol. The van der Waals surface area contributed by atoms with Crippen molar-refractivity contribution < 1.29 is 14.5 Å². The maximum absolute atomic E-state index is 11.8. The van der Waals surface area contributed by atoms with Crippen LogP contribution in [0.25, 0.3) is 0 Å². The van der Waals surface area contributed by atoms with E-state index < -0.39 is 11.0 Å². The molecule has 0 fully saturated rings. The molecule has 102 valence electrons. The first kappa shape index (κ1) is 15.2. The van der Waals surface area contributed by atoms with Crippen LogP contribution in [0.1, 0.15) is 6.92 Å². The second-order valence-corrected chi connectivity index (χ2v) is 4.76. The number of hydrogen-bond acceptors (Lipinski definition) is 4. The smallest absolute Gasteiger partial charge is 0.414 e. The number of non-ortho nitro benzene ring substituents is 1. The molecule has 0 saturated heterocycles. The molecule has 0 aliphatic rings. The molecule has 0 aromatic heterocycles. The molecule has 0 aliphatic carbocycles. The minimum absolute atomic E-state index is 0.103. The van der Waals surface area contributed by atoms with Crippen LogP contribution < -0.4 is 4.90 Å². The Morgan fingerprint density at radius 2 is 2.21 bits per heavy atom. The summed E-state index contributed by atoms with van der Waals surface area (Å²) >= 11 is 3.27. The minimum atomic E-state index is -0.607. The quantitative estimate of drug-likeness (QED) is 0.481. The van der Waals surface area contributed by atoms with E-state index in [4.69, 9.17) is 0 Å². The Bertz CT molecular complexity index is 530. The van der Waals surface area contributed by atoms with Crippen LogP contribution in [0.2, 0.25) is 0 Å². The number of rotatable bonds is 4. The van der Waals surface area contributed by atoms with E-state index >= 15 is 0 Å². The van der Waals surface area contributed by atoms with E-state index in [9.17, 15) is 14.9 Å². The van der Waals surface area contributed by atoms with Gasteiger partial charge in [0.15, 0.2) is 0 Å². The number of amides is 1. The maximum Gasteiger partial charge on any atom is 0.414 e. The second kappa shape index (κ2) is 6.33. The highest BCUT2D eigenvalue weighted by Crippen LogP contribution is 2.31. The summed E-state index contributed by atoms with van der Waals surface area (Å²) in [5.74, 6) is 0. The van der Waals surface area contributed by atoms with E-state index in [1.54, 1.807) is 6.92 Å². The number of hydrogen-bond donors (Lipinski definition) is 0. The van der Waals surface area contributed by atoms with Gasteiger partial charge < -0.3 is 4.74 Å². The van der Waals surface area contributed by atoms with Gasteiger partial charge >= 0.3 is 6.09 Å². The number of anilines is 1. The summed E-state index contributed by atoms with van der Waals surface area (Å²) in [5, 5.41) is 10.8. The number of nitro groups is 1. The molecule has 1 rings (SSSR count). The van der Waals surface area contributed by atoms with Gasteiger partial charge in [0.25, 0.3) is 5.69 Å². The summed E-state index contributed by atoms with van der Waals surface area (Å²) in [7, 11) is 1.25. The van der Waals surface area contributed by atoms with Crippen molar-refractivity contribution in [3.8, 4) is 0 Å². The summed E-state index contributed by atoms with van der Waals surface area (Å²) in [4.78, 5) is 23.3. The number of benzene rings is 1. The van der Waals surface area contributed by atoms with Gasteiger partial charge in [0.2, 0.25) is 0 Å². The lowest BCUT2D eigenvalue weighted by Crippen LogP contribution is -2.32. The molecule has 19 heavy (non-hydrogen) atoms. The average Bonchev–Trinajstić information content (AvgIpc) is 2.35. The number of nitro benzene ring substituents is 1. The van der Waals surface area contributed by atoms with E-state index in [0.29, 0.717) is 10.2 Å². The third-order valence-electron chi connectivity index (χ3n) is 2.25. The Hall–Kier alpha value is -1.89. The highest BCUT2D eigenvalue weighted by molar-refractivity contribution is 9.10. The molecular weight excluding hydrogens is 316 g/mol. The number of methoxy groups -OCH3 is 1. The fraction of sp³-hybridized carbons (Fsp3) is 0.250. The first-order chi connectivity index (χ1) is 8.86. The molecule has 1 aromatic rings. The van der Waals surface area contributed by atoms with Crippen molar-refractivity contribution >= 4 is 33.4 Å². The normalized spacial score (nSPS) is 9.84. The van der Waals surface area contributed by atoms with Crippen molar-refractivity contribution in [1.82, 2.24) is 0 Å².